The van der Waals surface area contributed by atoms with Gasteiger partial charge < -0.3 is 19.0 Å². The van der Waals surface area contributed by atoms with E-state index in [4.69, 9.17) is 9.15 Å². The molecule has 1 aromatic heterocycles. The van der Waals surface area contributed by atoms with E-state index in [-0.39, 0.29) is 35.7 Å². The largest absolute Gasteiger partial charge is 0.497 e. The number of carbonyl (C=O) groups excluding carboxylic acids is 2. The average molecular weight is 571 g/mol. The third-order valence-electron chi connectivity index (χ3n) is 8.81. The van der Waals surface area contributed by atoms with Crippen molar-refractivity contribution in [2.75, 3.05) is 12.0 Å². The fourth-order valence-corrected chi connectivity index (χ4v) is 6.41. The van der Waals surface area contributed by atoms with E-state index < -0.39 is 11.4 Å². The van der Waals surface area contributed by atoms with Crippen molar-refractivity contribution in [3.8, 4) is 5.75 Å². The first-order valence-corrected chi connectivity index (χ1v) is 14.2. The second-order valence-corrected chi connectivity index (χ2v) is 11.4. The molecule has 0 N–H and O–H groups in total. The molecule has 4 aromatic carbocycles. The molecule has 2 aliphatic heterocycles. The molecule has 0 saturated heterocycles. The van der Waals surface area contributed by atoms with Gasteiger partial charge in [-0.1, -0.05) is 60.2 Å². The van der Waals surface area contributed by atoms with Crippen LogP contribution < -0.4 is 15.1 Å². The summed E-state index contributed by atoms with van der Waals surface area (Å²) in [7, 11) is 1.59. The molecule has 214 valence electrons. The lowest BCUT2D eigenvalue weighted by Crippen LogP contribution is -2.52. The smallest absolute Gasteiger partial charge is 0.291 e. The molecule has 0 saturated carbocycles. The second-order valence-electron chi connectivity index (χ2n) is 11.4. The van der Waals surface area contributed by atoms with E-state index in [1.807, 2.05) is 93.6 Å². The van der Waals surface area contributed by atoms with E-state index in [2.05, 4.69) is 0 Å². The lowest BCUT2D eigenvalue weighted by molar-refractivity contribution is -0.126. The summed E-state index contributed by atoms with van der Waals surface area (Å²) in [5, 5.41) is 0.350. The topological polar surface area (TPSA) is 80.1 Å². The Morgan fingerprint density at radius 1 is 0.791 bits per heavy atom. The van der Waals surface area contributed by atoms with Gasteiger partial charge in [0.15, 0.2) is 11.0 Å². The summed E-state index contributed by atoms with van der Waals surface area (Å²) >= 11 is 0. The first-order chi connectivity index (χ1) is 20.7. The Balaban J connectivity index is 1.49. The van der Waals surface area contributed by atoms with Crippen LogP contribution in [-0.4, -0.2) is 23.8 Å². The maximum Gasteiger partial charge on any atom is 0.291 e. The molecule has 7 heteroatoms. The van der Waals surface area contributed by atoms with Crippen LogP contribution in [0.1, 0.15) is 49.5 Å². The number of hydrogen-bond donors (Lipinski definition) is 0. The van der Waals surface area contributed by atoms with Crippen LogP contribution in [0.25, 0.3) is 11.0 Å². The molecule has 3 heterocycles. The van der Waals surface area contributed by atoms with Crippen LogP contribution in [0.4, 0.5) is 5.69 Å². The molecule has 2 amide bonds. The molecule has 1 atom stereocenters. The molecule has 43 heavy (non-hydrogen) atoms. The monoisotopic (exact) mass is 570 g/mol. The number of carbonyl (C=O) groups is 2. The highest BCUT2D eigenvalue weighted by molar-refractivity contribution is 6.17. The standard InChI is InChI=1S/C36H30N2O5/c1-21-9-11-24(12-10-21)19-37-29-8-6-5-7-28(29)36(35(37)41)31-32(39)27-17-22(2)23(3)18-30(27)43-33(31)34(40)38(36)20-25-13-15-26(42-4)16-14-25/h5-18H,19-20H2,1-4H3. The molecule has 5 aromatic rings. The van der Waals surface area contributed by atoms with Crippen LogP contribution in [0.15, 0.2) is 94.1 Å². The molecule has 1 unspecified atom stereocenters. The van der Waals surface area contributed by atoms with Gasteiger partial charge in [0, 0.05) is 12.1 Å². The van der Waals surface area contributed by atoms with Crippen molar-refractivity contribution in [1.82, 2.24) is 4.90 Å². The molecule has 1 spiro atoms. The van der Waals surface area contributed by atoms with Crippen LogP contribution >= 0.6 is 0 Å². The highest BCUT2D eigenvalue weighted by atomic mass is 16.5. The van der Waals surface area contributed by atoms with Crippen molar-refractivity contribution >= 4 is 28.5 Å². The summed E-state index contributed by atoms with van der Waals surface area (Å²) in [5.41, 5.74) is 4.29. The number of aryl methyl sites for hydroxylation is 3. The van der Waals surface area contributed by atoms with Gasteiger partial charge in [-0.25, -0.2) is 0 Å². The first-order valence-electron chi connectivity index (χ1n) is 14.2. The van der Waals surface area contributed by atoms with Crippen LogP contribution in [0.3, 0.4) is 0 Å². The minimum absolute atomic E-state index is 0.0746. The molecule has 7 nitrogen and oxygen atoms in total. The number of rotatable bonds is 5. The predicted molar refractivity (Wildman–Crippen MR) is 164 cm³/mol. The minimum Gasteiger partial charge on any atom is -0.497 e. The Kier molecular flexibility index (Phi) is 6.02. The highest BCUT2D eigenvalue weighted by Crippen LogP contribution is 2.53. The van der Waals surface area contributed by atoms with Crippen molar-refractivity contribution in [1.29, 1.82) is 0 Å². The predicted octanol–water partition coefficient (Wildman–Crippen LogP) is 6.17. The van der Waals surface area contributed by atoms with Crippen molar-refractivity contribution < 1.29 is 18.7 Å². The minimum atomic E-state index is -1.69. The van der Waals surface area contributed by atoms with E-state index in [0.717, 1.165) is 27.8 Å². The summed E-state index contributed by atoms with van der Waals surface area (Å²) in [4.78, 5) is 47.1. The van der Waals surface area contributed by atoms with Crippen LogP contribution in [-0.2, 0) is 23.4 Å². The number of para-hydroxylation sites is 1. The summed E-state index contributed by atoms with van der Waals surface area (Å²) in [5.74, 6) is -0.266. The highest BCUT2D eigenvalue weighted by Gasteiger charge is 2.65. The first kappa shape index (κ1) is 26.7. The lowest BCUT2D eigenvalue weighted by Gasteiger charge is -2.34. The number of ether oxygens (including phenoxy) is 1. The molecule has 0 fully saturated rings. The van der Waals surface area contributed by atoms with Gasteiger partial charge >= 0.3 is 0 Å². The third-order valence-corrected chi connectivity index (χ3v) is 8.81. The van der Waals surface area contributed by atoms with Crippen molar-refractivity contribution in [3.05, 3.63) is 140 Å². The molecule has 0 aliphatic carbocycles. The van der Waals surface area contributed by atoms with E-state index in [9.17, 15) is 9.59 Å². The Hall–Kier alpha value is -5.17. The van der Waals surface area contributed by atoms with Gasteiger partial charge in [-0.05, 0) is 73.4 Å². The number of anilines is 1. The average Bonchev–Trinajstić information content (AvgIpc) is 3.40. The summed E-state index contributed by atoms with van der Waals surface area (Å²) in [6, 6.07) is 26.3. The zero-order chi connectivity index (χ0) is 30.0. The number of amides is 2. The number of nitrogens with zero attached hydrogens (tertiary/aromatic N) is 2. The molecule has 2 aliphatic rings. The van der Waals surface area contributed by atoms with Crippen LogP contribution in [0.5, 0.6) is 5.75 Å². The van der Waals surface area contributed by atoms with E-state index in [0.29, 0.717) is 28.0 Å². The SMILES string of the molecule is COc1ccc(CN2C(=O)c3oc4cc(C)c(C)cc4c(=O)c3C23C(=O)N(Cc2ccc(C)cc2)c2ccccc23)cc1. The Labute approximate surface area is 248 Å². The van der Waals surface area contributed by atoms with Crippen LogP contribution in [0.2, 0.25) is 0 Å². The number of fused-ring (bicyclic) bond motifs is 5. The normalized spacial score (nSPS) is 17.2. The zero-order valence-corrected chi connectivity index (χ0v) is 24.4. The second kappa shape index (κ2) is 9.70. The Morgan fingerprint density at radius 3 is 2.16 bits per heavy atom. The summed E-state index contributed by atoms with van der Waals surface area (Å²) in [6.07, 6.45) is 0. The van der Waals surface area contributed by atoms with Crippen molar-refractivity contribution in [2.24, 2.45) is 0 Å². The zero-order valence-electron chi connectivity index (χ0n) is 24.4. The number of hydrogen-bond acceptors (Lipinski definition) is 5. The van der Waals surface area contributed by atoms with E-state index in [1.165, 1.54) is 4.90 Å². The number of benzene rings is 4. The van der Waals surface area contributed by atoms with Gasteiger partial charge in [-0.2, -0.15) is 0 Å². The quantitative estimate of drug-likeness (QED) is 0.252. The maximum atomic E-state index is 15.0. The fraction of sp³-hybridized carbons (Fsp3) is 0.194. The number of methoxy groups -OCH3 is 1. The lowest BCUT2D eigenvalue weighted by atomic mass is 9.83. The van der Waals surface area contributed by atoms with E-state index in [1.54, 1.807) is 24.1 Å². The van der Waals surface area contributed by atoms with Gasteiger partial charge in [0.2, 0.25) is 5.76 Å². The Bertz CT molecular complexity index is 2010. The van der Waals surface area contributed by atoms with Gasteiger partial charge in [0.05, 0.1) is 30.3 Å². The van der Waals surface area contributed by atoms with Crippen molar-refractivity contribution in [3.63, 3.8) is 0 Å². The molecule has 0 radical (unpaired) electrons. The van der Waals surface area contributed by atoms with Gasteiger partial charge in [-0.15, -0.1) is 0 Å². The molecular weight excluding hydrogens is 540 g/mol. The maximum absolute atomic E-state index is 15.0. The summed E-state index contributed by atoms with van der Waals surface area (Å²) < 4.78 is 11.6. The van der Waals surface area contributed by atoms with E-state index >= 15 is 4.79 Å². The molecular formula is C36H30N2O5. The summed E-state index contributed by atoms with van der Waals surface area (Å²) in [6.45, 7) is 6.24. The molecule has 0 bridgehead atoms. The third kappa shape index (κ3) is 3.84. The Morgan fingerprint density at radius 2 is 1.44 bits per heavy atom. The van der Waals surface area contributed by atoms with Gasteiger partial charge in [-0.3, -0.25) is 14.4 Å². The molecule has 7 rings (SSSR count). The van der Waals surface area contributed by atoms with Crippen LogP contribution in [0, 0.1) is 20.8 Å². The van der Waals surface area contributed by atoms with Gasteiger partial charge in [0.25, 0.3) is 11.8 Å². The van der Waals surface area contributed by atoms with Gasteiger partial charge in [0.1, 0.15) is 11.3 Å². The van der Waals surface area contributed by atoms with Crippen molar-refractivity contribution in [2.45, 2.75) is 39.4 Å². The fourth-order valence-electron chi connectivity index (χ4n) is 6.41.